The third-order valence-electron chi connectivity index (χ3n) is 3.11. The molecule has 0 radical (unpaired) electrons. The van der Waals surface area contributed by atoms with Gasteiger partial charge in [-0.05, 0) is 25.5 Å². The number of rotatable bonds is 2. The molecule has 17 heavy (non-hydrogen) atoms. The van der Waals surface area contributed by atoms with Crippen LogP contribution in [0.15, 0.2) is 18.2 Å². The van der Waals surface area contributed by atoms with Crippen LogP contribution in [0.3, 0.4) is 0 Å². The van der Waals surface area contributed by atoms with Crippen molar-refractivity contribution >= 4 is 5.69 Å². The first kappa shape index (κ1) is 11.9. The molecular formula is C13H16N2O2. The lowest BCUT2D eigenvalue weighted by Gasteiger charge is -2.23. The van der Waals surface area contributed by atoms with Crippen LogP contribution in [-0.2, 0) is 0 Å². The van der Waals surface area contributed by atoms with Gasteiger partial charge in [0.1, 0.15) is 0 Å². The van der Waals surface area contributed by atoms with Gasteiger partial charge in [0.05, 0.1) is 23.8 Å². The first-order valence-corrected chi connectivity index (χ1v) is 5.77. The Bertz CT molecular complexity index is 451. The Morgan fingerprint density at radius 1 is 1.53 bits per heavy atom. The summed E-state index contributed by atoms with van der Waals surface area (Å²) in [6.45, 7) is 3.03. The minimum atomic E-state index is -0.574. The number of aliphatic hydroxyl groups is 2. The number of nitriles is 1. The molecule has 1 saturated heterocycles. The normalized spacial score (nSPS) is 21.3. The van der Waals surface area contributed by atoms with Crippen LogP contribution >= 0.6 is 0 Å². The monoisotopic (exact) mass is 232 g/mol. The van der Waals surface area contributed by atoms with Crippen molar-refractivity contribution in [3.63, 3.8) is 0 Å². The highest BCUT2D eigenvalue weighted by molar-refractivity contribution is 5.59. The van der Waals surface area contributed by atoms with E-state index in [-0.39, 0.29) is 6.10 Å². The van der Waals surface area contributed by atoms with Crippen LogP contribution in [0.25, 0.3) is 0 Å². The van der Waals surface area contributed by atoms with E-state index in [1.54, 1.807) is 25.1 Å². The first-order chi connectivity index (χ1) is 8.11. The van der Waals surface area contributed by atoms with Gasteiger partial charge in [-0.3, -0.25) is 0 Å². The Morgan fingerprint density at radius 2 is 2.29 bits per heavy atom. The third kappa shape index (κ3) is 2.41. The highest BCUT2D eigenvalue weighted by Gasteiger charge is 2.23. The fourth-order valence-electron chi connectivity index (χ4n) is 2.20. The van der Waals surface area contributed by atoms with E-state index >= 15 is 0 Å². The zero-order chi connectivity index (χ0) is 12.4. The summed E-state index contributed by atoms with van der Waals surface area (Å²) >= 11 is 0. The van der Waals surface area contributed by atoms with E-state index in [0.717, 1.165) is 24.2 Å². The largest absolute Gasteiger partial charge is 0.391 e. The van der Waals surface area contributed by atoms with Crippen LogP contribution in [0.1, 0.15) is 30.6 Å². The summed E-state index contributed by atoms with van der Waals surface area (Å²) < 4.78 is 0. The topological polar surface area (TPSA) is 67.5 Å². The molecule has 90 valence electrons. The fourth-order valence-corrected chi connectivity index (χ4v) is 2.20. The predicted molar refractivity (Wildman–Crippen MR) is 64.6 cm³/mol. The van der Waals surface area contributed by atoms with Gasteiger partial charge in [-0.15, -0.1) is 0 Å². The molecule has 1 aromatic rings. The smallest absolute Gasteiger partial charge is 0.0992 e. The molecule has 4 heteroatoms. The Balaban J connectivity index is 2.39. The number of anilines is 1. The summed E-state index contributed by atoms with van der Waals surface area (Å²) in [5, 5.41) is 28.2. The third-order valence-corrected chi connectivity index (χ3v) is 3.11. The predicted octanol–water partition coefficient (Wildman–Crippen LogP) is 1.18. The number of nitrogens with zero attached hydrogens (tertiary/aromatic N) is 2. The maximum Gasteiger partial charge on any atom is 0.0992 e. The van der Waals surface area contributed by atoms with Crippen molar-refractivity contribution in [1.82, 2.24) is 0 Å². The molecule has 1 fully saturated rings. The maximum atomic E-state index is 9.72. The summed E-state index contributed by atoms with van der Waals surface area (Å²) in [4.78, 5) is 2.02. The lowest BCUT2D eigenvalue weighted by Crippen LogP contribution is -2.23. The van der Waals surface area contributed by atoms with Crippen LogP contribution in [-0.4, -0.2) is 29.4 Å². The molecule has 4 nitrogen and oxygen atoms in total. The molecule has 1 aliphatic heterocycles. The van der Waals surface area contributed by atoms with E-state index in [4.69, 9.17) is 5.26 Å². The quantitative estimate of drug-likeness (QED) is 0.803. The van der Waals surface area contributed by atoms with Crippen LogP contribution in [0.5, 0.6) is 0 Å². The fraction of sp³-hybridized carbons (Fsp3) is 0.462. The van der Waals surface area contributed by atoms with Gasteiger partial charge in [0.15, 0.2) is 0 Å². The Morgan fingerprint density at radius 3 is 2.82 bits per heavy atom. The van der Waals surface area contributed by atoms with Gasteiger partial charge in [0, 0.05) is 24.3 Å². The van der Waals surface area contributed by atoms with Crippen molar-refractivity contribution in [2.24, 2.45) is 0 Å². The summed E-state index contributed by atoms with van der Waals surface area (Å²) in [7, 11) is 0. The van der Waals surface area contributed by atoms with Crippen LogP contribution < -0.4 is 4.90 Å². The molecule has 0 spiro atoms. The zero-order valence-electron chi connectivity index (χ0n) is 9.80. The number of β-amino-alcohol motifs (C(OH)–C–C–N with tert-alkyl or cyclic N) is 1. The minimum absolute atomic E-state index is 0.317. The van der Waals surface area contributed by atoms with Gasteiger partial charge in [-0.25, -0.2) is 0 Å². The second-order valence-electron chi connectivity index (χ2n) is 4.45. The van der Waals surface area contributed by atoms with Gasteiger partial charge in [0.25, 0.3) is 0 Å². The van der Waals surface area contributed by atoms with Crippen molar-refractivity contribution < 1.29 is 10.2 Å². The van der Waals surface area contributed by atoms with Gasteiger partial charge >= 0.3 is 0 Å². The molecule has 2 rings (SSSR count). The molecule has 1 aromatic carbocycles. The van der Waals surface area contributed by atoms with E-state index in [0.29, 0.717) is 12.1 Å². The lowest BCUT2D eigenvalue weighted by molar-refractivity contribution is 0.196. The Kier molecular flexibility index (Phi) is 3.32. The minimum Gasteiger partial charge on any atom is -0.391 e. The highest BCUT2D eigenvalue weighted by atomic mass is 16.3. The maximum absolute atomic E-state index is 9.72. The molecular weight excluding hydrogens is 216 g/mol. The zero-order valence-corrected chi connectivity index (χ0v) is 9.80. The first-order valence-electron chi connectivity index (χ1n) is 5.77. The molecule has 2 N–H and O–H groups in total. The summed E-state index contributed by atoms with van der Waals surface area (Å²) in [6, 6.07) is 7.36. The second kappa shape index (κ2) is 4.74. The van der Waals surface area contributed by atoms with E-state index in [1.807, 2.05) is 4.90 Å². The average molecular weight is 232 g/mol. The lowest BCUT2D eigenvalue weighted by atomic mass is 10.0. The summed E-state index contributed by atoms with van der Waals surface area (Å²) in [6.07, 6.45) is -0.158. The molecule has 0 saturated carbocycles. The van der Waals surface area contributed by atoms with Crippen molar-refractivity contribution in [2.75, 3.05) is 18.0 Å². The van der Waals surface area contributed by atoms with Crippen LogP contribution in [0.2, 0.25) is 0 Å². The molecule has 0 aromatic heterocycles. The Hall–Kier alpha value is -1.57. The standard InChI is InChI=1S/C13H16N2O2/c1-9(16)12-3-2-10(7-14)6-13(12)15-5-4-11(17)8-15/h2-3,6,9,11,16-17H,4-5,8H2,1H3/t9-,11?/m1/s1. The molecule has 0 bridgehead atoms. The molecule has 1 heterocycles. The molecule has 1 aliphatic rings. The molecule has 2 atom stereocenters. The van der Waals surface area contributed by atoms with Crippen molar-refractivity contribution in [1.29, 1.82) is 5.26 Å². The van der Waals surface area contributed by atoms with E-state index in [2.05, 4.69) is 6.07 Å². The highest BCUT2D eigenvalue weighted by Crippen LogP contribution is 2.30. The van der Waals surface area contributed by atoms with Crippen molar-refractivity contribution in [2.45, 2.75) is 25.6 Å². The van der Waals surface area contributed by atoms with Crippen molar-refractivity contribution in [3.05, 3.63) is 29.3 Å². The number of hydrogen-bond acceptors (Lipinski definition) is 4. The van der Waals surface area contributed by atoms with Crippen LogP contribution in [0.4, 0.5) is 5.69 Å². The van der Waals surface area contributed by atoms with Gasteiger partial charge in [-0.1, -0.05) is 6.07 Å². The Labute approximate surface area is 101 Å². The van der Waals surface area contributed by atoms with E-state index in [9.17, 15) is 10.2 Å². The SMILES string of the molecule is C[C@@H](O)c1ccc(C#N)cc1N1CCC(O)C1. The summed E-state index contributed by atoms with van der Waals surface area (Å²) in [5.74, 6) is 0. The summed E-state index contributed by atoms with van der Waals surface area (Å²) in [5.41, 5.74) is 2.24. The van der Waals surface area contributed by atoms with Gasteiger partial charge in [-0.2, -0.15) is 5.26 Å². The van der Waals surface area contributed by atoms with Crippen LogP contribution in [0, 0.1) is 11.3 Å². The molecule has 1 unspecified atom stereocenters. The van der Waals surface area contributed by atoms with E-state index < -0.39 is 6.10 Å². The molecule has 0 aliphatic carbocycles. The average Bonchev–Trinajstić information content (AvgIpc) is 2.75. The van der Waals surface area contributed by atoms with Gasteiger partial charge in [0.2, 0.25) is 0 Å². The van der Waals surface area contributed by atoms with Crippen molar-refractivity contribution in [3.8, 4) is 6.07 Å². The van der Waals surface area contributed by atoms with Gasteiger partial charge < -0.3 is 15.1 Å². The number of aliphatic hydroxyl groups excluding tert-OH is 2. The van der Waals surface area contributed by atoms with E-state index in [1.165, 1.54) is 0 Å². The number of hydrogen-bond donors (Lipinski definition) is 2. The molecule has 0 amide bonds. The second-order valence-corrected chi connectivity index (χ2v) is 4.45. The number of benzene rings is 1.